The lowest BCUT2D eigenvalue weighted by Gasteiger charge is -2.26. The molecule has 0 unspecified atom stereocenters. The number of hydrogen-bond acceptors (Lipinski definition) is 5. The Kier molecular flexibility index (Phi) is 7.43. The standard InChI is InChI=1S/C23H30N2O5/c1-8-24-16(5)20(15(4)21(24)23(28)30-7)19(26)13-25(14(2)3)22(27)17-10-9-11-18(12-17)29-6/h9-12,14H,8,13H2,1-7H3. The summed E-state index contributed by atoms with van der Waals surface area (Å²) >= 11 is 0. The molecule has 1 aromatic carbocycles. The largest absolute Gasteiger partial charge is 0.497 e. The first-order chi connectivity index (χ1) is 14.2. The summed E-state index contributed by atoms with van der Waals surface area (Å²) in [5.41, 5.74) is 2.55. The number of rotatable bonds is 8. The molecule has 0 spiro atoms. The van der Waals surface area contributed by atoms with Gasteiger partial charge < -0.3 is 18.9 Å². The number of amides is 1. The van der Waals surface area contributed by atoms with Crippen molar-refractivity contribution in [2.45, 2.75) is 47.2 Å². The van der Waals surface area contributed by atoms with E-state index in [1.807, 2.05) is 20.8 Å². The van der Waals surface area contributed by atoms with Crippen LogP contribution in [0.1, 0.15) is 63.2 Å². The Balaban J connectivity index is 2.41. The van der Waals surface area contributed by atoms with Gasteiger partial charge in [0.1, 0.15) is 11.4 Å². The van der Waals surface area contributed by atoms with Crippen LogP contribution < -0.4 is 4.74 Å². The molecule has 2 rings (SSSR count). The number of aromatic nitrogens is 1. The van der Waals surface area contributed by atoms with Crippen LogP contribution in [0.15, 0.2) is 24.3 Å². The van der Waals surface area contributed by atoms with Gasteiger partial charge in [0.15, 0.2) is 5.78 Å². The van der Waals surface area contributed by atoms with Gasteiger partial charge in [0.2, 0.25) is 0 Å². The Morgan fingerprint density at radius 3 is 2.33 bits per heavy atom. The quantitative estimate of drug-likeness (QED) is 0.487. The number of hydrogen-bond donors (Lipinski definition) is 0. The Morgan fingerprint density at radius 1 is 1.13 bits per heavy atom. The smallest absolute Gasteiger partial charge is 0.354 e. The summed E-state index contributed by atoms with van der Waals surface area (Å²) in [4.78, 5) is 40.2. The molecule has 7 nitrogen and oxygen atoms in total. The third-order valence-electron chi connectivity index (χ3n) is 5.26. The molecular weight excluding hydrogens is 384 g/mol. The highest BCUT2D eigenvalue weighted by atomic mass is 16.5. The minimum Gasteiger partial charge on any atom is -0.497 e. The molecule has 0 fully saturated rings. The van der Waals surface area contributed by atoms with E-state index in [0.717, 1.165) is 0 Å². The number of esters is 1. The number of ether oxygens (including phenoxy) is 2. The van der Waals surface area contributed by atoms with Gasteiger partial charge in [0, 0.05) is 29.4 Å². The number of Topliss-reactive ketones (excluding diaryl/α,β-unsaturated/α-hetero) is 1. The molecule has 0 radical (unpaired) electrons. The summed E-state index contributed by atoms with van der Waals surface area (Å²) in [6, 6.07) is 6.66. The van der Waals surface area contributed by atoms with E-state index in [1.165, 1.54) is 19.1 Å². The van der Waals surface area contributed by atoms with Crippen molar-refractivity contribution in [3.05, 3.63) is 52.3 Å². The van der Waals surface area contributed by atoms with Crippen LogP contribution in [-0.2, 0) is 11.3 Å². The topological polar surface area (TPSA) is 77.8 Å². The van der Waals surface area contributed by atoms with E-state index in [1.54, 1.807) is 42.7 Å². The van der Waals surface area contributed by atoms with Crippen molar-refractivity contribution >= 4 is 17.7 Å². The normalized spacial score (nSPS) is 10.8. The van der Waals surface area contributed by atoms with E-state index in [4.69, 9.17) is 9.47 Å². The van der Waals surface area contributed by atoms with Crippen molar-refractivity contribution in [2.75, 3.05) is 20.8 Å². The van der Waals surface area contributed by atoms with Gasteiger partial charge in [-0.05, 0) is 58.4 Å². The molecule has 0 atom stereocenters. The van der Waals surface area contributed by atoms with Crippen LogP contribution in [0.5, 0.6) is 5.75 Å². The summed E-state index contributed by atoms with van der Waals surface area (Å²) in [6.07, 6.45) is 0. The van der Waals surface area contributed by atoms with Gasteiger partial charge in [-0.25, -0.2) is 4.79 Å². The highest BCUT2D eigenvalue weighted by Gasteiger charge is 2.29. The second-order valence-corrected chi connectivity index (χ2v) is 7.35. The van der Waals surface area contributed by atoms with Crippen molar-refractivity contribution in [1.29, 1.82) is 0 Å². The Labute approximate surface area is 177 Å². The predicted molar refractivity (Wildman–Crippen MR) is 114 cm³/mol. The van der Waals surface area contributed by atoms with E-state index in [-0.39, 0.29) is 24.3 Å². The Bertz CT molecular complexity index is 959. The molecule has 30 heavy (non-hydrogen) atoms. The molecular formula is C23H30N2O5. The molecule has 1 amide bonds. The first-order valence-electron chi connectivity index (χ1n) is 9.94. The van der Waals surface area contributed by atoms with E-state index < -0.39 is 5.97 Å². The van der Waals surface area contributed by atoms with Crippen LogP contribution in [0.2, 0.25) is 0 Å². The lowest BCUT2D eigenvalue weighted by molar-refractivity contribution is 0.0587. The maximum atomic E-state index is 13.3. The van der Waals surface area contributed by atoms with Crippen LogP contribution >= 0.6 is 0 Å². The summed E-state index contributed by atoms with van der Waals surface area (Å²) in [5.74, 6) is -0.377. The molecule has 1 heterocycles. The summed E-state index contributed by atoms with van der Waals surface area (Å²) in [7, 11) is 2.86. The van der Waals surface area contributed by atoms with Crippen molar-refractivity contribution in [1.82, 2.24) is 9.47 Å². The zero-order valence-electron chi connectivity index (χ0n) is 18.7. The summed E-state index contributed by atoms with van der Waals surface area (Å²) < 4.78 is 11.9. The molecule has 0 bridgehead atoms. The highest BCUT2D eigenvalue weighted by molar-refractivity contribution is 6.06. The summed E-state index contributed by atoms with van der Waals surface area (Å²) in [6.45, 7) is 9.61. The Hall–Kier alpha value is -3.09. The van der Waals surface area contributed by atoms with Crippen molar-refractivity contribution in [3.8, 4) is 5.75 Å². The molecule has 2 aromatic rings. The molecule has 0 aliphatic heterocycles. The highest BCUT2D eigenvalue weighted by Crippen LogP contribution is 2.25. The minimum atomic E-state index is -0.482. The second-order valence-electron chi connectivity index (χ2n) is 7.35. The van der Waals surface area contributed by atoms with Gasteiger partial charge in [-0.15, -0.1) is 0 Å². The second kappa shape index (κ2) is 9.61. The first kappa shape index (κ1) is 23.2. The average Bonchev–Trinajstić information content (AvgIpc) is 2.99. The fraction of sp³-hybridized carbons (Fsp3) is 0.435. The number of carbonyl (C=O) groups is 3. The maximum absolute atomic E-state index is 13.3. The predicted octanol–water partition coefficient (Wildman–Crippen LogP) is 3.65. The van der Waals surface area contributed by atoms with Crippen LogP contribution in [0.25, 0.3) is 0 Å². The van der Waals surface area contributed by atoms with Gasteiger partial charge in [-0.1, -0.05) is 6.07 Å². The van der Waals surface area contributed by atoms with Crippen molar-refractivity contribution in [3.63, 3.8) is 0 Å². The monoisotopic (exact) mass is 414 g/mol. The summed E-state index contributed by atoms with van der Waals surface area (Å²) in [5, 5.41) is 0. The van der Waals surface area contributed by atoms with E-state index in [2.05, 4.69) is 0 Å². The molecule has 0 saturated carbocycles. The lowest BCUT2D eigenvalue weighted by Crippen LogP contribution is -2.41. The molecule has 162 valence electrons. The third-order valence-corrected chi connectivity index (χ3v) is 5.26. The van der Waals surface area contributed by atoms with Gasteiger partial charge in [0.05, 0.1) is 20.8 Å². The number of methoxy groups -OCH3 is 2. The molecule has 1 aromatic heterocycles. The molecule has 0 N–H and O–H groups in total. The van der Waals surface area contributed by atoms with E-state index in [9.17, 15) is 14.4 Å². The fourth-order valence-corrected chi connectivity index (χ4v) is 3.71. The third kappa shape index (κ3) is 4.40. The number of carbonyl (C=O) groups excluding carboxylic acids is 3. The minimum absolute atomic E-state index is 0.0935. The molecule has 0 aliphatic rings. The van der Waals surface area contributed by atoms with Gasteiger partial charge in [-0.2, -0.15) is 0 Å². The Morgan fingerprint density at radius 2 is 1.80 bits per heavy atom. The van der Waals surface area contributed by atoms with Crippen molar-refractivity contribution < 1.29 is 23.9 Å². The van der Waals surface area contributed by atoms with Gasteiger partial charge >= 0.3 is 5.97 Å². The fourth-order valence-electron chi connectivity index (χ4n) is 3.71. The lowest BCUT2D eigenvalue weighted by atomic mass is 10.0. The molecule has 0 saturated heterocycles. The van der Waals surface area contributed by atoms with E-state index >= 15 is 0 Å². The van der Waals surface area contributed by atoms with Crippen molar-refractivity contribution in [2.24, 2.45) is 0 Å². The van der Waals surface area contributed by atoms with E-state index in [0.29, 0.717) is 40.4 Å². The van der Waals surface area contributed by atoms with Crippen LogP contribution in [0, 0.1) is 13.8 Å². The number of benzene rings is 1. The molecule has 0 aliphatic carbocycles. The van der Waals surface area contributed by atoms with Crippen LogP contribution in [-0.4, -0.2) is 53.9 Å². The first-order valence-corrected chi connectivity index (χ1v) is 9.94. The average molecular weight is 415 g/mol. The zero-order chi connectivity index (χ0) is 22.6. The number of ketones is 1. The van der Waals surface area contributed by atoms with Crippen LogP contribution in [0.3, 0.4) is 0 Å². The van der Waals surface area contributed by atoms with Crippen LogP contribution in [0.4, 0.5) is 0 Å². The zero-order valence-corrected chi connectivity index (χ0v) is 18.7. The maximum Gasteiger partial charge on any atom is 0.354 e. The SMILES string of the molecule is CCn1c(C)c(C(=O)CN(C(=O)c2cccc(OC)c2)C(C)C)c(C)c1C(=O)OC. The van der Waals surface area contributed by atoms with Gasteiger partial charge in [0.25, 0.3) is 5.91 Å². The van der Waals surface area contributed by atoms with Gasteiger partial charge in [-0.3, -0.25) is 9.59 Å². The number of nitrogens with zero attached hydrogens (tertiary/aromatic N) is 2. The molecule has 7 heteroatoms.